The van der Waals surface area contributed by atoms with Crippen LogP contribution in [0.4, 0.5) is 0 Å². The maximum atomic E-state index is 11.2. The number of hydrogen-bond acceptors (Lipinski definition) is 3. The second-order valence-electron chi connectivity index (χ2n) is 18.7. The van der Waals surface area contributed by atoms with Gasteiger partial charge in [0.2, 0.25) is 0 Å². The maximum Gasteiger partial charge on any atom is 0.101 e. The van der Waals surface area contributed by atoms with Crippen LogP contribution in [-0.4, -0.2) is 13.7 Å². The zero-order valence-electron chi connectivity index (χ0n) is 40.4. The van der Waals surface area contributed by atoms with Crippen LogP contribution in [0.1, 0.15) is 16.7 Å². The maximum absolute atomic E-state index is 11.2. The molecule has 3 aromatic heterocycles. The van der Waals surface area contributed by atoms with Crippen molar-refractivity contribution in [3.05, 3.63) is 272 Å². The van der Waals surface area contributed by atoms with Crippen molar-refractivity contribution in [3.8, 4) is 102 Å². The lowest BCUT2D eigenvalue weighted by molar-refractivity contribution is 1.13. The van der Waals surface area contributed by atoms with Gasteiger partial charge < -0.3 is 13.7 Å². The van der Waals surface area contributed by atoms with Crippen LogP contribution in [0.25, 0.3) is 117 Å². The number of aromatic nitrogens is 3. The molecule has 0 aliphatic heterocycles. The van der Waals surface area contributed by atoms with E-state index in [0.717, 1.165) is 67.0 Å². The molecule has 10 aromatic carbocycles. The Balaban J connectivity index is 0.891. The minimum Gasteiger partial charge on any atom is -0.317 e. The summed E-state index contributed by atoms with van der Waals surface area (Å²) in [7, 11) is 0. The van der Waals surface area contributed by atoms with E-state index in [4.69, 9.17) is 0 Å². The van der Waals surface area contributed by atoms with E-state index < -0.39 is 0 Å². The first-order valence-corrected chi connectivity index (χ1v) is 24.8. The lowest BCUT2D eigenvalue weighted by Gasteiger charge is -2.20. The summed E-state index contributed by atoms with van der Waals surface area (Å²) in [4.78, 5) is 0. The van der Waals surface area contributed by atoms with Gasteiger partial charge in [-0.3, -0.25) is 0 Å². The highest BCUT2D eigenvalue weighted by molar-refractivity contribution is 5.98. The summed E-state index contributed by atoms with van der Waals surface area (Å²) in [6.07, 6.45) is 6.27. The van der Waals surface area contributed by atoms with Crippen molar-refractivity contribution in [3.63, 3.8) is 0 Å². The Morgan fingerprint density at radius 3 is 0.680 bits per heavy atom. The number of fused-ring (bicyclic) bond motifs is 3. The summed E-state index contributed by atoms with van der Waals surface area (Å²) >= 11 is 0. The molecule has 348 valence electrons. The Hall–Kier alpha value is -10.7. The molecule has 0 atom stereocenters. The van der Waals surface area contributed by atoms with Crippen molar-refractivity contribution in [2.24, 2.45) is 0 Å². The van der Waals surface area contributed by atoms with Gasteiger partial charge in [0, 0.05) is 52.3 Å². The Morgan fingerprint density at radius 2 is 0.440 bits per heavy atom. The molecule has 0 N–H and O–H groups in total. The van der Waals surface area contributed by atoms with Crippen LogP contribution in [0.2, 0.25) is 0 Å². The van der Waals surface area contributed by atoms with Gasteiger partial charge in [-0.05, 0) is 139 Å². The van der Waals surface area contributed by atoms with Crippen molar-refractivity contribution in [2.75, 3.05) is 0 Å². The fourth-order valence-corrected chi connectivity index (χ4v) is 10.8. The minimum atomic E-state index is 0.270. The molecule has 6 heteroatoms. The number of nitrogens with zero attached hydrogens (tertiary/aromatic N) is 6. The summed E-state index contributed by atoms with van der Waals surface area (Å²) < 4.78 is 6.55. The Kier molecular flexibility index (Phi) is 10.9. The Morgan fingerprint density at radius 1 is 0.227 bits per heavy atom. The third kappa shape index (κ3) is 7.74. The van der Waals surface area contributed by atoms with Crippen LogP contribution in [-0.2, 0) is 0 Å². The molecule has 75 heavy (non-hydrogen) atoms. The number of rotatable bonds is 9. The van der Waals surface area contributed by atoms with Gasteiger partial charge in [-0.1, -0.05) is 164 Å². The van der Waals surface area contributed by atoms with Gasteiger partial charge in [0.15, 0.2) is 0 Å². The SMILES string of the molecule is N#Cc1c(-c2ccc(-c3ccc(-n4ccc5ccccc54)cc3)cc2)c(C#N)c(-c2ccc(-c3ccc(-n4ccc5ccccc54)cc3)cc2)c(C#N)c1-c1ccc(-c2ccc(-n3ccc4ccccc43)cc2)cc1. The molecule has 3 heterocycles. The second-order valence-corrected chi connectivity index (χ2v) is 18.7. The van der Waals surface area contributed by atoms with E-state index >= 15 is 0 Å². The summed E-state index contributed by atoms with van der Waals surface area (Å²) in [6.45, 7) is 0. The first kappa shape index (κ1) is 44.2. The standard InChI is InChI=1S/C69H42N6/c70-43-61-67(55-19-13-46(14-20-55)49-25-31-58(32-26-49)73-40-37-52-7-1-4-10-64(52)73)62(44-71)69(57-23-17-48(18-24-57)51-29-35-60(36-30-51)75-42-39-54-9-3-6-12-66(54)75)63(45-72)68(61)56-21-15-47(16-22-56)50-27-33-59(34-28-50)74-41-38-53-8-2-5-11-65(53)74/h1-42H. The van der Waals surface area contributed by atoms with Crippen molar-refractivity contribution < 1.29 is 0 Å². The average Bonchev–Trinajstić information content (AvgIpc) is 4.25. The van der Waals surface area contributed by atoms with Gasteiger partial charge in [0.05, 0.1) is 33.2 Å². The molecule has 0 spiro atoms. The lowest BCUT2D eigenvalue weighted by atomic mass is 9.80. The first-order chi connectivity index (χ1) is 37.0. The van der Waals surface area contributed by atoms with E-state index in [1.54, 1.807) is 0 Å². The molecule has 0 radical (unpaired) electrons. The molecule has 0 fully saturated rings. The number of hydrogen-bond donors (Lipinski definition) is 0. The highest BCUT2D eigenvalue weighted by Crippen LogP contribution is 2.45. The van der Waals surface area contributed by atoms with E-state index in [0.29, 0.717) is 33.4 Å². The number of benzene rings is 10. The van der Waals surface area contributed by atoms with E-state index in [9.17, 15) is 15.8 Å². The lowest BCUT2D eigenvalue weighted by Crippen LogP contribution is -2.03. The molecule has 13 rings (SSSR count). The molecule has 0 bridgehead atoms. The van der Waals surface area contributed by atoms with Crippen LogP contribution in [0.5, 0.6) is 0 Å². The van der Waals surface area contributed by atoms with E-state index in [-0.39, 0.29) is 16.7 Å². The molecule has 13 aromatic rings. The second kappa shape index (κ2) is 18.5. The van der Waals surface area contributed by atoms with Gasteiger partial charge in [-0.15, -0.1) is 0 Å². The van der Waals surface area contributed by atoms with Gasteiger partial charge in [-0.25, -0.2) is 0 Å². The van der Waals surface area contributed by atoms with Crippen LogP contribution in [0.15, 0.2) is 255 Å². The average molecular weight is 955 g/mol. The molecular weight excluding hydrogens is 913 g/mol. The summed E-state index contributed by atoms with van der Waals surface area (Å²) in [5.74, 6) is 0. The normalized spacial score (nSPS) is 11.2. The third-order valence-electron chi connectivity index (χ3n) is 14.6. The van der Waals surface area contributed by atoms with Crippen LogP contribution >= 0.6 is 0 Å². The number of nitriles is 3. The van der Waals surface area contributed by atoms with Crippen LogP contribution in [0.3, 0.4) is 0 Å². The summed E-state index contributed by atoms with van der Waals surface area (Å²) in [5.41, 5.74) is 17.1. The van der Waals surface area contributed by atoms with Crippen molar-refractivity contribution in [1.82, 2.24) is 13.7 Å². The van der Waals surface area contributed by atoms with E-state index in [1.165, 1.54) is 16.2 Å². The molecule has 0 amide bonds. The highest BCUT2D eigenvalue weighted by Gasteiger charge is 2.27. The first-order valence-electron chi connectivity index (χ1n) is 24.8. The molecule has 0 unspecified atom stereocenters. The smallest absolute Gasteiger partial charge is 0.101 e. The van der Waals surface area contributed by atoms with Crippen LogP contribution < -0.4 is 0 Å². The molecule has 0 aliphatic carbocycles. The number of para-hydroxylation sites is 3. The predicted molar refractivity (Wildman–Crippen MR) is 304 cm³/mol. The monoisotopic (exact) mass is 954 g/mol. The molecule has 0 saturated carbocycles. The highest BCUT2D eigenvalue weighted by atomic mass is 15.0. The zero-order valence-corrected chi connectivity index (χ0v) is 40.4. The fourth-order valence-electron chi connectivity index (χ4n) is 10.8. The molecule has 0 aliphatic rings. The minimum absolute atomic E-state index is 0.270. The van der Waals surface area contributed by atoms with Gasteiger partial charge in [0.1, 0.15) is 18.2 Å². The van der Waals surface area contributed by atoms with Gasteiger partial charge in [0.25, 0.3) is 0 Å². The molecule has 6 nitrogen and oxygen atoms in total. The quantitative estimate of drug-likeness (QED) is 0.144. The van der Waals surface area contributed by atoms with E-state index in [1.807, 2.05) is 91.0 Å². The molecular formula is C69H42N6. The topological polar surface area (TPSA) is 86.2 Å². The van der Waals surface area contributed by atoms with Crippen molar-refractivity contribution in [1.29, 1.82) is 15.8 Å². The van der Waals surface area contributed by atoms with Gasteiger partial charge in [-0.2, -0.15) is 15.8 Å². The van der Waals surface area contributed by atoms with Gasteiger partial charge >= 0.3 is 0 Å². The summed E-state index contributed by atoms with van der Waals surface area (Å²) in [5, 5.41) is 37.3. The van der Waals surface area contributed by atoms with Crippen LogP contribution in [0, 0.1) is 34.0 Å². The van der Waals surface area contributed by atoms with E-state index in [2.05, 4.69) is 196 Å². The Bertz CT molecular complexity index is 3960. The predicted octanol–water partition coefficient (Wildman–Crippen LogP) is 17.1. The summed E-state index contributed by atoms with van der Waals surface area (Å²) in [6, 6.07) is 88.3. The van der Waals surface area contributed by atoms with Crippen molar-refractivity contribution >= 4 is 32.7 Å². The zero-order chi connectivity index (χ0) is 50.4. The molecule has 0 saturated heterocycles. The fraction of sp³-hybridized carbons (Fsp3) is 0. The third-order valence-corrected chi connectivity index (χ3v) is 14.6. The van der Waals surface area contributed by atoms with Crippen molar-refractivity contribution in [2.45, 2.75) is 0 Å². The largest absolute Gasteiger partial charge is 0.317 e. The Labute approximate surface area is 434 Å².